The Bertz CT molecular complexity index is 924. The largest absolute Gasteiger partial charge is 0.501 e. The number of benzene rings is 1. The van der Waals surface area contributed by atoms with E-state index >= 15 is 0 Å². The summed E-state index contributed by atoms with van der Waals surface area (Å²) in [6.45, 7) is 3.38. The molecule has 0 bridgehead atoms. The van der Waals surface area contributed by atoms with E-state index in [2.05, 4.69) is 5.32 Å². The van der Waals surface area contributed by atoms with Crippen LogP contribution in [0, 0.1) is 0 Å². The number of sulfonamides is 1. The first-order valence-corrected chi connectivity index (χ1v) is 10.3. The number of carbonyl (C=O) groups is 2. The van der Waals surface area contributed by atoms with E-state index in [1.807, 2.05) is 11.6 Å². The summed E-state index contributed by atoms with van der Waals surface area (Å²) in [6, 6.07) is 5.62. The number of nitrogens with one attached hydrogen (secondary N) is 2. The standard InChI is InChI=1S/C20H24N2O5S/c1-4-5-6-7-18(14(2)27-3)20(24)22-28(25,26)17-12-8-15(9-13-17)19(23)21-16-10-11-16/h4-9,12-13,16H,10-11H2,1-3H3,(H,21,23)(H,22,24)/b5-4-,7-6-,18-14-. The second-order valence-electron chi connectivity index (χ2n) is 6.27. The van der Waals surface area contributed by atoms with Crippen LogP contribution < -0.4 is 10.0 Å². The lowest BCUT2D eigenvalue weighted by Crippen LogP contribution is -2.32. The Morgan fingerprint density at radius 2 is 1.79 bits per heavy atom. The van der Waals surface area contributed by atoms with E-state index in [-0.39, 0.29) is 28.2 Å². The minimum absolute atomic E-state index is 0.0876. The predicted molar refractivity (Wildman–Crippen MR) is 106 cm³/mol. The van der Waals surface area contributed by atoms with Crippen LogP contribution in [0.3, 0.4) is 0 Å². The second kappa shape index (κ2) is 9.36. The van der Waals surface area contributed by atoms with Crippen LogP contribution in [-0.4, -0.2) is 33.4 Å². The maximum atomic E-state index is 12.5. The average Bonchev–Trinajstić information content (AvgIpc) is 3.48. The van der Waals surface area contributed by atoms with Crippen LogP contribution in [0.2, 0.25) is 0 Å². The summed E-state index contributed by atoms with van der Waals surface area (Å²) >= 11 is 0. The Balaban J connectivity index is 2.16. The zero-order valence-corrected chi connectivity index (χ0v) is 16.9. The summed E-state index contributed by atoms with van der Waals surface area (Å²) in [5.74, 6) is -0.776. The smallest absolute Gasteiger partial charge is 0.268 e. The third kappa shape index (κ3) is 5.82. The Morgan fingerprint density at radius 1 is 1.14 bits per heavy atom. The molecule has 1 aliphatic carbocycles. The lowest BCUT2D eigenvalue weighted by molar-refractivity contribution is -0.115. The van der Waals surface area contributed by atoms with Gasteiger partial charge in [-0.15, -0.1) is 0 Å². The number of allylic oxidation sites excluding steroid dienone is 4. The fourth-order valence-corrected chi connectivity index (χ4v) is 3.21. The number of amides is 2. The molecule has 0 spiro atoms. The van der Waals surface area contributed by atoms with Crippen molar-refractivity contribution in [2.24, 2.45) is 0 Å². The summed E-state index contributed by atoms with van der Waals surface area (Å²) in [5.41, 5.74) is 0.451. The van der Waals surface area contributed by atoms with Crippen molar-refractivity contribution < 1.29 is 22.7 Å². The molecule has 1 aliphatic rings. The quantitative estimate of drug-likeness (QED) is 0.394. The van der Waals surface area contributed by atoms with Crippen LogP contribution >= 0.6 is 0 Å². The minimum atomic E-state index is -4.10. The number of methoxy groups -OCH3 is 1. The topological polar surface area (TPSA) is 102 Å². The first-order valence-electron chi connectivity index (χ1n) is 8.80. The monoisotopic (exact) mass is 404 g/mol. The van der Waals surface area contributed by atoms with Gasteiger partial charge in [-0.25, -0.2) is 13.1 Å². The normalized spacial score (nSPS) is 15.4. The Hall–Kier alpha value is -2.87. The molecule has 0 radical (unpaired) electrons. The van der Waals surface area contributed by atoms with Crippen LogP contribution in [0.15, 0.2) is 64.8 Å². The highest BCUT2D eigenvalue weighted by atomic mass is 32.2. The molecule has 8 heteroatoms. The van der Waals surface area contributed by atoms with E-state index in [4.69, 9.17) is 4.74 Å². The van der Waals surface area contributed by atoms with E-state index < -0.39 is 15.9 Å². The van der Waals surface area contributed by atoms with Gasteiger partial charge >= 0.3 is 0 Å². The van der Waals surface area contributed by atoms with Crippen LogP contribution in [0.5, 0.6) is 0 Å². The van der Waals surface area contributed by atoms with E-state index in [1.54, 1.807) is 25.2 Å². The van der Waals surface area contributed by atoms with Gasteiger partial charge in [-0.2, -0.15) is 0 Å². The van der Waals surface area contributed by atoms with Gasteiger partial charge in [0.05, 0.1) is 17.6 Å². The molecular weight excluding hydrogens is 380 g/mol. The van der Waals surface area contributed by atoms with Gasteiger partial charge in [0.1, 0.15) is 5.76 Å². The summed E-state index contributed by atoms with van der Waals surface area (Å²) in [4.78, 5) is 24.3. The molecule has 1 aromatic rings. The van der Waals surface area contributed by atoms with Gasteiger partial charge in [-0.3, -0.25) is 9.59 Å². The lowest BCUT2D eigenvalue weighted by Gasteiger charge is -2.10. The zero-order valence-electron chi connectivity index (χ0n) is 16.1. The van der Waals surface area contributed by atoms with Gasteiger partial charge in [-0.05, 0) is 57.0 Å². The van der Waals surface area contributed by atoms with Crippen molar-refractivity contribution in [1.82, 2.24) is 10.0 Å². The molecule has 2 amide bonds. The molecule has 2 rings (SSSR count). The fraction of sp³-hybridized carbons (Fsp3) is 0.300. The number of hydrogen-bond acceptors (Lipinski definition) is 5. The van der Waals surface area contributed by atoms with Crippen LogP contribution in [0.25, 0.3) is 0 Å². The SMILES string of the molecule is C\C=C/C=C\C(C(=O)NS(=O)(=O)c1ccc(C(=O)NC2CC2)cc1)=C(/C)OC. The highest BCUT2D eigenvalue weighted by molar-refractivity contribution is 7.90. The number of rotatable bonds is 8. The third-order valence-electron chi connectivity index (χ3n) is 4.06. The van der Waals surface area contributed by atoms with Crippen molar-refractivity contribution in [2.75, 3.05) is 7.11 Å². The summed E-state index contributed by atoms with van der Waals surface area (Å²) < 4.78 is 32.1. The van der Waals surface area contributed by atoms with Crippen molar-refractivity contribution in [3.8, 4) is 0 Å². The van der Waals surface area contributed by atoms with Crippen LogP contribution in [-0.2, 0) is 19.6 Å². The summed E-state index contributed by atoms with van der Waals surface area (Å²) in [6.07, 6.45) is 8.47. The van der Waals surface area contributed by atoms with Gasteiger partial charge < -0.3 is 10.1 Å². The van der Waals surface area contributed by atoms with Crippen LogP contribution in [0.4, 0.5) is 0 Å². The van der Waals surface area contributed by atoms with Gasteiger partial charge in [0, 0.05) is 11.6 Å². The Morgan fingerprint density at radius 3 is 2.32 bits per heavy atom. The van der Waals surface area contributed by atoms with E-state index in [0.717, 1.165) is 12.8 Å². The predicted octanol–water partition coefficient (Wildman–Crippen LogP) is 2.44. The molecule has 28 heavy (non-hydrogen) atoms. The summed E-state index contributed by atoms with van der Waals surface area (Å²) in [7, 11) is -2.71. The molecule has 1 saturated carbocycles. The van der Waals surface area contributed by atoms with Crippen LogP contribution in [0.1, 0.15) is 37.0 Å². The molecule has 0 aliphatic heterocycles. The summed E-state index contributed by atoms with van der Waals surface area (Å²) in [5, 5.41) is 2.83. The van der Waals surface area contributed by atoms with Crippen molar-refractivity contribution in [2.45, 2.75) is 37.6 Å². The van der Waals surface area contributed by atoms with Gasteiger partial charge in [0.15, 0.2) is 0 Å². The molecule has 7 nitrogen and oxygen atoms in total. The second-order valence-corrected chi connectivity index (χ2v) is 7.95. The molecule has 0 unspecified atom stereocenters. The maximum Gasteiger partial charge on any atom is 0.268 e. The molecule has 0 aromatic heterocycles. The third-order valence-corrected chi connectivity index (χ3v) is 5.41. The molecule has 150 valence electrons. The van der Waals surface area contributed by atoms with Crippen molar-refractivity contribution in [3.63, 3.8) is 0 Å². The lowest BCUT2D eigenvalue weighted by atomic mass is 10.2. The van der Waals surface area contributed by atoms with E-state index in [1.165, 1.54) is 37.5 Å². The van der Waals surface area contributed by atoms with Gasteiger partial charge in [0.2, 0.25) is 0 Å². The van der Waals surface area contributed by atoms with E-state index in [9.17, 15) is 18.0 Å². The molecule has 2 N–H and O–H groups in total. The highest BCUT2D eigenvalue weighted by Gasteiger charge is 2.25. The Kier molecular flexibility index (Phi) is 7.17. The molecule has 0 heterocycles. The maximum absolute atomic E-state index is 12.5. The number of ether oxygens (including phenoxy) is 1. The molecule has 0 saturated heterocycles. The van der Waals surface area contributed by atoms with Crippen molar-refractivity contribution >= 4 is 21.8 Å². The van der Waals surface area contributed by atoms with Gasteiger partial charge in [0.25, 0.3) is 21.8 Å². The van der Waals surface area contributed by atoms with Crippen molar-refractivity contribution in [3.05, 3.63) is 65.5 Å². The van der Waals surface area contributed by atoms with Gasteiger partial charge in [-0.1, -0.05) is 18.2 Å². The Labute approximate surface area is 165 Å². The fourth-order valence-electron chi connectivity index (χ4n) is 2.24. The van der Waals surface area contributed by atoms with E-state index in [0.29, 0.717) is 5.56 Å². The molecular formula is C20H24N2O5S. The first kappa shape index (κ1) is 21.4. The zero-order chi connectivity index (χ0) is 20.7. The number of carbonyl (C=O) groups excluding carboxylic acids is 2. The molecule has 1 aromatic carbocycles. The number of hydrogen-bond donors (Lipinski definition) is 2. The molecule has 1 fully saturated rings. The average molecular weight is 404 g/mol. The highest BCUT2D eigenvalue weighted by Crippen LogP contribution is 2.20. The van der Waals surface area contributed by atoms with Crippen molar-refractivity contribution in [1.29, 1.82) is 0 Å². The first-order chi connectivity index (χ1) is 13.3. The minimum Gasteiger partial charge on any atom is -0.501 e. The molecule has 0 atom stereocenters.